The zero-order valence-electron chi connectivity index (χ0n) is 12.3. The van der Waals surface area contributed by atoms with Crippen molar-refractivity contribution in [2.24, 2.45) is 11.1 Å². The van der Waals surface area contributed by atoms with Gasteiger partial charge in [-0.2, -0.15) is 0 Å². The Labute approximate surface area is 136 Å². The Morgan fingerprint density at radius 2 is 2.10 bits per heavy atom. The normalized spacial score (nSPS) is 20.6. The van der Waals surface area contributed by atoms with Gasteiger partial charge in [-0.1, -0.05) is 19.3 Å². The van der Waals surface area contributed by atoms with Gasteiger partial charge in [0.1, 0.15) is 0 Å². The Bertz CT molecular complexity index is 481. The minimum absolute atomic E-state index is 0. The maximum Gasteiger partial charge on any atom is 0.226 e. The van der Waals surface area contributed by atoms with Crippen LogP contribution in [0, 0.1) is 5.41 Å². The largest absolute Gasteiger partial charge is 0.330 e. The van der Waals surface area contributed by atoms with E-state index in [2.05, 4.69) is 15.7 Å². The van der Waals surface area contributed by atoms with Crippen molar-refractivity contribution in [3.05, 3.63) is 11.1 Å². The summed E-state index contributed by atoms with van der Waals surface area (Å²) in [5.74, 6) is 0.722. The molecule has 118 valence electrons. The molecule has 0 aromatic carbocycles. The number of anilines is 1. The van der Waals surface area contributed by atoms with Crippen LogP contribution < -0.4 is 11.1 Å². The highest BCUT2D eigenvalue weighted by Gasteiger charge is 2.33. The van der Waals surface area contributed by atoms with Gasteiger partial charge in [0.15, 0.2) is 5.13 Å². The quantitative estimate of drug-likeness (QED) is 0.865. The predicted molar refractivity (Wildman–Crippen MR) is 89.2 cm³/mol. The molecule has 2 aliphatic rings. The first kappa shape index (κ1) is 16.7. The van der Waals surface area contributed by atoms with Crippen molar-refractivity contribution in [3.63, 3.8) is 0 Å². The van der Waals surface area contributed by atoms with Crippen LogP contribution in [-0.2, 0) is 4.79 Å². The molecular formula is C15H24ClN3OS. The van der Waals surface area contributed by atoms with Gasteiger partial charge in [-0.15, -0.1) is 23.7 Å². The summed E-state index contributed by atoms with van der Waals surface area (Å²) in [7, 11) is 0. The van der Waals surface area contributed by atoms with E-state index in [1.807, 2.05) is 0 Å². The van der Waals surface area contributed by atoms with Crippen molar-refractivity contribution in [2.45, 2.75) is 57.3 Å². The molecule has 21 heavy (non-hydrogen) atoms. The lowest BCUT2D eigenvalue weighted by Gasteiger charge is -2.35. The fourth-order valence-electron chi connectivity index (χ4n) is 3.17. The van der Waals surface area contributed by atoms with Gasteiger partial charge in [-0.25, -0.2) is 4.98 Å². The number of nitrogens with zero attached hydrogens (tertiary/aromatic N) is 1. The third-order valence-corrected chi connectivity index (χ3v) is 5.42. The maximum absolute atomic E-state index is 12.2. The van der Waals surface area contributed by atoms with Crippen LogP contribution in [0.5, 0.6) is 0 Å². The first-order valence-electron chi connectivity index (χ1n) is 7.66. The summed E-state index contributed by atoms with van der Waals surface area (Å²) in [6.45, 7) is 0.617. The molecule has 0 spiro atoms. The Kier molecular flexibility index (Phi) is 5.63. The SMILES string of the molecule is Cl.NCC1(CC(=O)Nc2nc(C3CC3)cs2)CCCCC1. The molecule has 0 unspecified atom stereocenters. The summed E-state index contributed by atoms with van der Waals surface area (Å²) in [5, 5.41) is 5.79. The first-order valence-corrected chi connectivity index (χ1v) is 8.54. The molecule has 2 aliphatic carbocycles. The van der Waals surface area contributed by atoms with Gasteiger partial charge in [0.25, 0.3) is 0 Å². The Balaban J connectivity index is 0.00000161. The molecule has 0 bridgehead atoms. The van der Waals surface area contributed by atoms with Crippen LogP contribution in [0.3, 0.4) is 0 Å². The molecule has 3 N–H and O–H groups in total. The zero-order chi connectivity index (χ0) is 14.0. The summed E-state index contributed by atoms with van der Waals surface area (Å²) >= 11 is 1.54. The second-order valence-electron chi connectivity index (χ2n) is 6.34. The van der Waals surface area contributed by atoms with E-state index in [0.29, 0.717) is 18.9 Å². The third-order valence-electron chi connectivity index (χ3n) is 4.65. The molecule has 0 atom stereocenters. The highest BCUT2D eigenvalue weighted by atomic mass is 35.5. The van der Waals surface area contributed by atoms with E-state index in [1.54, 1.807) is 11.3 Å². The second-order valence-corrected chi connectivity index (χ2v) is 7.20. The van der Waals surface area contributed by atoms with Crippen LogP contribution in [0.15, 0.2) is 5.38 Å². The van der Waals surface area contributed by atoms with Gasteiger partial charge < -0.3 is 11.1 Å². The number of thiazole rings is 1. The lowest BCUT2D eigenvalue weighted by Crippen LogP contribution is -2.36. The summed E-state index contributed by atoms with van der Waals surface area (Å²) in [4.78, 5) is 16.7. The number of hydrogen-bond donors (Lipinski definition) is 2. The van der Waals surface area contributed by atoms with E-state index < -0.39 is 0 Å². The molecule has 1 heterocycles. The summed E-state index contributed by atoms with van der Waals surface area (Å²) in [6.07, 6.45) is 8.88. The molecule has 1 amide bonds. The summed E-state index contributed by atoms with van der Waals surface area (Å²) in [5.41, 5.74) is 7.12. The molecular weight excluding hydrogens is 306 g/mol. The highest BCUT2D eigenvalue weighted by Crippen LogP contribution is 2.41. The maximum atomic E-state index is 12.2. The van der Waals surface area contributed by atoms with Crippen LogP contribution in [0.4, 0.5) is 5.13 Å². The smallest absolute Gasteiger partial charge is 0.226 e. The molecule has 0 saturated heterocycles. The number of rotatable bonds is 5. The van der Waals surface area contributed by atoms with Crippen LogP contribution in [0.2, 0.25) is 0 Å². The molecule has 1 aromatic rings. The van der Waals surface area contributed by atoms with E-state index in [0.717, 1.165) is 23.7 Å². The number of halogens is 1. The van der Waals surface area contributed by atoms with E-state index in [9.17, 15) is 4.79 Å². The average molecular weight is 330 g/mol. The standard InChI is InChI=1S/C15H23N3OS.ClH/c16-10-15(6-2-1-3-7-15)8-13(19)18-14-17-12(9-20-14)11-4-5-11;/h9,11H,1-8,10,16H2,(H,17,18,19);1H. The number of amides is 1. The number of nitrogens with two attached hydrogens (primary N) is 1. The van der Waals surface area contributed by atoms with E-state index >= 15 is 0 Å². The zero-order valence-corrected chi connectivity index (χ0v) is 13.9. The van der Waals surface area contributed by atoms with E-state index in [4.69, 9.17) is 5.73 Å². The number of carbonyl (C=O) groups excluding carboxylic acids is 1. The topological polar surface area (TPSA) is 68.0 Å². The van der Waals surface area contributed by atoms with Gasteiger partial charge in [-0.3, -0.25) is 4.79 Å². The fourth-order valence-corrected chi connectivity index (χ4v) is 3.98. The minimum Gasteiger partial charge on any atom is -0.330 e. The lowest BCUT2D eigenvalue weighted by atomic mass is 9.72. The Morgan fingerprint density at radius 3 is 2.71 bits per heavy atom. The Morgan fingerprint density at radius 1 is 1.38 bits per heavy atom. The van der Waals surface area contributed by atoms with E-state index in [-0.39, 0.29) is 23.7 Å². The lowest BCUT2D eigenvalue weighted by molar-refractivity contribution is -0.118. The predicted octanol–water partition coefficient (Wildman–Crippen LogP) is 3.68. The van der Waals surface area contributed by atoms with Gasteiger partial charge in [-0.05, 0) is 37.6 Å². The molecule has 3 rings (SSSR count). The van der Waals surface area contributed by atoms with Crippen molar-refractivity contribution >= 4 is 34.8 Å². The van der Waals surface area contributed by atoms with Gasteiger partial charge in [0.05, 0.1) is 5.69 Å². The molecule has 4 nitrogen and oxygen atoms in total. The monoisotopic (exact) mass is 329 g/mol. The van der Waals surface area contributed by atoms with Gasteiger partial charge >= 0.3 is 0 Å². The molecule has 2 saturated carbocycles. The number of carbonyl (C=O) groups is 1. The van der Waals surface area contributed by atoms with Crippen molar-refractivity contribution in [1.29, 1.82) is 0 Å². The van der Waals surface area contributed by atoms with Gasteiger partial charge in [0.2, 0.25) is 5.91 Å². The molecule has 6 heteroatoms. The van der Waals surface area contributed by atoms with E-state index in [1.165, 1.54) is 32.1 Å². The summed E-state index contributed by atoms with van der Waals surface area (Å²) < 4.78 is 0. The van der Waals surface area contributed by atoms with Gasteiger partial charge in [0, 0.05) is 17.7 Å². The highest BCUT2D eigenvalue weighted by molar-refractivity contribution is 7.13. The number of aromatic nitrogens is 1. The average Bonchev–Trinajstić information content (AvgIpc) is 3.21. The van der Waals surface area contributed by atoms with Crippen LogP contribution in [0.1, 0.15) is 63.0 Å². The number of hydrogen-bond acceptors (Lipinski definition) is 4. The minimum atomic E-state index is 0. The summed E-state index contributed by atoms with van der Waals surface area (Å²) in [6, 6.07) is 0. The third kappa shape index (κ3) is 4.18. The molecule has 2 fully saturated rings. The van der Waals surface area contributed by atoms with Crippen molar-refractivity contribution in [3.8, 4) is 0 Å². The van der Waals surface area contributed by atoms with Crippen molar-refractivity contribution < 1.29 is 4.79 Å². The van der Waals surface area contributed by atoms with Crippen LogP contribution in [0.25, 0.3) is 0 Å². The first-order chi connectivity index (χ1) is 9.71. The molecule has 0 radical (unpaired) electrons. The van der Waals surface area contributed by atoms with Crippen LogP contribution in [-0.4, -0.2) is 17.4 Å². The second kappa shape index (κ2) is 7.07. The molecule has 1 aromatic heterocycles. The van der Waals surface area contributed by atoms with Crippen LogP contribution >= 0.6 is 23.7 Å². The van der Waals surface area contributed by atoms with Crippen molar-refractivity contribution in [1.82, 2.24) is 4.98 Å². The fraction of sp³-hybridized carbons (Fsp3) is 0.733. The molecule has 0 aliphatic heterocycles. The Hall–Kier alpha value is -0.650. The van der Waals surface area contributed by atoms with Crippen molar-refractivity contribution in [2.75, 3.05) is 11.9 Å². The number of nitrogens with one attached hydrogen (secondary N) is 1.